The quantitative estimate of drug-likeness (QED) is 0.797. The summed E-state index contributed by atoms with van der Waals surface area (Å²) in [6.07, 6.45) is 2.17. The van der Waals surface area contributed by atoms with Gasteiger partial charge in [0.15, 0.2) is 0 Å². The average Bonchev–Trinajstić information content (AvgIpc) is 2.89. The molecule has 1 saturated heterocycles. The minimum absolute atomic E-state index is 0.0690. The Kier molecular flexibility index (Phi) is 4.97. The lowest BCUT2D eigenvalue weighted by atomic mass is 9.88. The number of amides is 1. The van der Waals surface area contributed by atoms with Gasteiger partial charge in [-0.1, -0.05) is 43.2 Å². The third-order valence-electron chi connectivity index (χ3n) is 3.89. The standard InChI is InChI=1S/C16H24N2O/c1-3-4-9-18-16(19)15-11-17-10-14(15)13-7-5-12(2)6-8-13/h5-8,14-15,17H,3-4,9-11H2,1-2H3,(H,18,19). The Bertz CT molecular complexity index is 413. The fraction of sp³-hybridized carbons (Fsp3) is 0.562. The summed E-state index contributed by atoms with van der Waals surface area (Å²) in [5.74, 6) is 0.575. The normalized spacial score (nSPS) is 22.4. The largest absolute Gasteiger partial charge is 0.356 e. The molecule has 19 heavy (non-hydrogen) atoms. The third-order valence-corrected chi connectivity index (χ3v) is 3.89. The molecule has 1 heterocycles. The molecule has 1 aliphatic rings. The topological polar surface area (TPSA) is 41.1 Å². The minimum atomic E-state index is 0.0690. The van der Waals surface area contributed by atoms with Crippen molar-refractivity contribution >= 4 is 5.91 Å². The zero-order valence-electron chi connectivity index (χ0n) is 11.9. The lowest BCUT2D eigenvalue weighted by molar-refractivity contribution is -0.124. The molecule has 1 aliphatic heterocycles. The molecule has 0 saturated carbocycles. The van der Waals surface area contributed by atoms with Crippen LogP contribution in [0.1, 0.15) is 36.8 Å². The van der Waals surface area contributed by atoms with E-state index in [0.717, 1.165) is 32.5 Å². The van der Waals surface area contributed by atoms with Crippen molar-refractivity contribution < 1.29 is 4.79 Å². The van der Waals surface area contributed by atoms with Gasteiger partial charge in [-0.2, -0.15) is 0 Å². The lowest BCUT2D eigenvalue weighted by Gasteiger charge is -2.18. The second-order valence-corrected chi connectivity index (χ2v) is 5.43. The maximum absolute atomic E-state index is 12.2. The second kappa shape index (κ2) is 6.71. The molecule has 1 amide bonds. The number of unbranched alkanes of at least 4 members (excludes halogenated alkanes) is 1. The number of rotatable bonds is 5. The molecule has 2 atom stereocenters. The summed E-state index contributed by atoms with van der Waals surface area (Å²) in [6.45, 7) is 6.71. The van der Waals surface area contributed by atoms with Gasteiger partial charge >= 0.3 is 0 Å². The number of aryl methyl sites for hydroxylation is 1. The number of carbonyl (C=O) groups is 1. The van der Waals surface area contributed by atoms with Crippen LogP contribution >= 0.6 is 0 Å². The second-order valence-electron chi connectivity index (χ2n) is 5.43. The van der Waals surface area contributed by atoms with Crippen molar-refractivity contribution in [3.8, 4) is 0 Å². The number of nitrogens with one attached hydrogen (secondary N) is 2. The van der Waals surface area contributed by atoms with Gasteiger partial charge in [0.2, 0.25) is 5.91 Å². The first-order valence-corrected chi connectivity index (χ1v) is 7.27. The van der Waals surface area contributed by atoms with Crippen molar-refractivity contribution in [1.29, 1.82) is 0 Å². The van der Waals surface area contributed by atoms with Crippen LogP contribution in [-0.4, -0.2) is 25.5 Å². The van der Waals surface area contributed by atoms with Crippen LogP contribution < -0.4 is 10.6 Å². The molecule has 1 aromatic rings. The molecule has 0 spiro atoms. The first-order chi connectivity index (χ1) is 9.22. The maximum atomic E-state index is 12.2. The zero-order chi connectivity index (χ0) is 13.7. The van der Waals surface area contributed by atoms with Crippen molar-refractivity contribution in [3.63, 3.8) is 0 Å². The van der Waals surface area contributed by atoms with Gasteiger partial charge in [0, 0.05) is 25.6 Å². The SMILES string of the molecule is CCCCNC(=O)C1CNCC1c1ccc(C)cc1. The Hall–Kier alpha value is -1.35. The molecule has 3 nitrogen and oxygen atoms in total. The van der Waals surface area contributed by atoms with Crippen molar-refractivity contribution in [2.45, 2.75) is 32.6 Å². The van der Waals surface area contributed by atoms with E-state index in [-0.39, 0.29) is 11.8 Å². The van der Waals surface area contributed by atoms with Gasteiger partial charge < -0.3 is 10.6 Å². The van der Waals surface area contributed by atoms with Gasteiger partial charge in [-0.3, -0.25) is 4.79 Å². The molecule has 0 bridgehead atoms. The number of hydrogen-bond acceptors (Lipinski definition) is 2. The Morgan fingerprint density at radius 3 is 2.74 bits per heavy atom. The van der Waals surface area contributed by atoms with Gasteiger partial charge in [0.25, 0.3) is 0 Å². The Balaban J connectivity index is 2.00. The summed E-state index contributed by atoms with van der Waals surface area (Å²) in [5, 5.41) is 6.40. The summed E-state index contributed by atoms with van der Waals surface area (Å²) in [4.78, 5) is 12.2. The van der Waals surface area contributed by atoms with Crippen LogP contribution in [-0.2, 0) is 4.79 Å². The van der Waals surface area contributed by atoms with Crippen molar-refractivity contribution in [2.75, 3.05) is 19.6 Å². The van der Waals surface area contributed by atoms with E-state index in [0.29, 0.717) is 5.92 Å². The molecule has 2 rings (SSSR count). The first kappa shape index (κ1) is 14.1. The first-order valence-electron chi connectivity index (χ1n) is 7.27. The number of hydrogen-bond donors (Lipinski definition) is 2. The Morgan fingerprint density at radius 1 is 1.32 bits per heavy atom. The fourth-order valence-electron chi connectivity index (χ4n) is 2.64. The van der Waals surface area contributed by atoms with Crippen LogP contribution in [0.2, 0.25) is 0 Å². The van der Waals surface area contributed by atoms with E-state index in [4.69, 9.17) is 0 Å². The fourth-order valence-corrected chi connectivity index (χ4v) is 2.64. The highest BCUT2D eigenvalue weighted by Crippen LogP contribution is 2.28. The molecular formula is C16H24N2O. The van der Waals surface area contributed by atoms with Crippen LogP contribution in [0.15, 0.2) is 24.3 Å². The molecular weight excluding hydrogens is 236 g/mol. The molecule has 0 radical (unpaired) electrons. The predicted octanol–water partition coefficient (Wildman–Crippen LogP) is 2.21. The van der Waals surface area contributed by atoms with Gasteiger partial charge in [0.05, 0.1) is 5.92 Å². The van der Waals surface area contributed by atoms with E-state index >= 15 is 0 Å². The van der Waals surface area contributed by atoms with Gasteiger partial charge in [0.1, 0.15) is 0 Å². The molecule has 0 aromatic heterocycles. The molecule has 3 heteroatoms. The minimum Gasteiger partial charge on any atom is -0.356 e. The monoisotopic (exact) mass is 260 g/mol. The van der Waals surface area contributed by atoms with E-state index in [1.165, 1.54) is 11.1 Å². The van der Waals surface area contributed by atoms with Crippen LogP contribution in [0.4, 0.5) is 0 Å². The molecule has 2 unspecified atom stereocenters. The van der Waals surface area contributed by atoms with Gasteiger partial charge in [-0.05, 0) is 18.9 Å². The molecule has 0 aliphatic carbocycles. The highest BCUT2D eigenvalue weighted by Gasteiger charge is 2.33. The third kappa shape index (κ3) is 3.57. The van der Waals surface area contributed by atoms with Crippen LogP contribution in [0.5, 0.6) is 0 Å². The summed E-state index contributed by atoms with van der Waals surface area (Å²) in [5.41, 5.74) is 2.53. The van der Waals surface area contributed by atoms with Crippen LogP contribution in [0.25, 0.3) is 0 Å². The smallest absolute Gasteiger partial charge is 0.225 e. The Morgan fingerprint density at radius 2 is 2.05 bits per heavy atom. The Labute approximate surface area is 115 Å². The van der Waals surface area contributed by atoms with Crippen LogP contribution in [0.3, 0.4) is 0 Å². The summed E-state index contributed by atoms with van der Waals surface area (Å²) < 4.78 is 0. The zero-order valence-corrected chi connectivity index (χ0v) is 11.9. The van der Waals surface area contributed by atoms with E-state index in [1.54, 1.807) is 0 Å². The molecule has 2 N–H and O–H groups in total. The lowest BCUT2D eigenvalue weighted by Crippen LogP contribution is -2.34. The van der Waals surface area contributed by atoms with Crippen molar-refractivity contribution in [3.05, 3.63) is 35.4 Å². The predicted molar refractivity (Wildman–Crippen MR) is 78.2 cm³/mol. The summed E-state index contributed by atoms with van der Waals surface area (Å²) in [6, 6.07) is 8.55. The van der Waals surface area contributed by atoms with Gasteiger partial charge in [-0.15, -0.1) is 0 Å². The van der Waals surface area contributed by atoms with E-state index in [9.17, 15) is 4.79 Å². The van der Waals surface area contributed by atoms with E-state index in [2.05, 4.69) is 48.7 Å². The molecule has 104 valence electrons. The van der Waals surface area contributed by atoms with E-state index in [1.807, 2.05) is 0 Å². The average molecular weight is 260 g/mol. The highest BCUT2D eigenvalue weighted by atomic mass is 16.1. The van der Waals surface area contributed by atoms with Crippen molar-refractivity contribution in [1.82, 2.24) is 10.6 Å². The maximum Gasteiger partial charge on any atom is 0.225 e. The summed E-state index contributed by atoms with van der Waals surface area (Å²) >= 11 is 0. The van der Waals surface area contributed by atoms with Crippen LogP contribution in [0, 0.1) is 12.8 Å². The van der Waals surface area contributed by atoms with Crippen molar-refractivity contribution in [2.24, 2.45) is 5.92 Å². The van der Waals surface area contributed by atoms with Gasteiger partial charge in [-0.25, -0.2) is 0 Å². The number of benzene rings is 1. The molecule has 1 fully saturated rings. The molecule has 1 aromatic carbocycles. The summed E-state index contributed by atoms with van der Waals surface area (Å²) in [7, 11) is 0. The van der Waals surface area contributed by atoms with E-state index < -0.39 is 0 Å². The highest BCUT2D eigenvalue weighted by molar-refractivity contribution is 5.80. The number of carbonyl (C=O) groups excluding carboxylic acids is 1.